The molecule has 9 nitrogen and oxygen atoms in total. The second-order valence-electron chi connectivity index (χ2n) is 7.80. The van der Waals surface area contributed by atoms with Crippen molar-refractivity contribution in [1.82, 2.24) is 0 Å². The van der Waals surface area contributed by atoms with Gasteiger partial charge in [-0.1, -0.05) is 16.8 Å². The number of nitrogens with one attached hydrogen (secondary N) is 1. The van der Waals surface area contributed by atoms with Crippen LogP contribution in [0.3, 0.4) is 0 Å². The van der Waals surface area contributed by atoms with Gasteiger partial charge in [0.15, 0.2) is 12.5 Å². The van der Waals surface area contributed by atoms with Crippen molar-refractivity contribution in [1.29, 1.82) is 0 Å². The van der Waals surface area contributed by atoms with E-state index in [2.05, 4.69) is 9.88 Å². The molecular formula is C23H17ClFN3O6S. The first kappa shape index (κ1) is 23.1. The first-order valence-corrected chi connectivity index (χ1v) is 12.1. The van der Waals surface area contributed by atoms with Crippen LogP contribution >= 0.6 is 11.6 Å². The average Bonchev–Trinajstić information content (AvgIpc) is 3.09. The number of carbonyl (C=O) groups excluding carboxylic acids is 1. The van der Waals surface area contributed by atoms with Crippen LogP contribution < -0.4 is 14.4 Å². The van der Waals surface area contributed by atoms with Gasteiger partial charge in [0, 0.05) is 21.7 Å². The molecule has 2 aliphatic heterocycles. The highest BCUT2D eigenvalue weighted by Crippen LogP contribution is 2.37. The molecule has 12 heteroatoms. The topological polar surface area (TPSA) is 118 Å². The maximum absolute atomic E-state index is 14.2. The number of oxime groups is 1. The third kappa shape index (κ3) is 4.29. The highest BCUT2D eigenvalue weighted by Gasteiger charge is 2.36. The van der Waals surface area contributed by atoms with Gasteiger partial charge in [-0.05, 0) is 54.6 Å². The Kier molecular flexibility index (Phi) is 5.83. The predicted octanol–water partition coefficient (Wildman–Crippen LogP) is 3.87. The fourth-order valence-corrected chi connectivity index (χ4v) is 5.17. The van der Waals surface area contributed by atoms with Crippen molar-refractivity contribution in [3.63, 3.8) is 0 Å². The summed E-state index contributed by atoms with van der Waals surface area (Å²) in [5.41, 5.74) is 1.40. The van der Waals surface area contributed by atoms with Crippen molar-refractivity contribution in [2.24, 2.45) is 5.16 Å². The van der Waals surface area contributed by atoms with Crippen LogP contribution in [0, 0.1) is 5.82 Å². The number of ether oxygens (including phenoxy) is 2. The molecule has 0 atom stereocenters. The van der Waals surface area contributed by atoms with Gasteiger partial charge in [0.25, 0.3) is 15.9 Å². The van der Waals surface area contributed by atoms with Gasteiger partial charge < -0.3 is 19.6 Å². The van der Waals surface area contributed by atoms with Gasteiger partial charge in [-0.15, -0.1) is 0 Å². The molecule has 0 saturated carbocycles. The lowest BCUT2D eigenvalue weighted by atomic mass is 10.1. The molecule has 2 heterocycles. The number of fused-ring (bicyclic) bond motifs is 2. The van der Waals surface area contributed by atoms with E-state index in [-0.39, 0.29) is 41.9 Å². The third-order valence-corrected chi connectivity index (χ3v) is 7.20. The summed E-state index contributed by atoms with van der Waals surface area (Å²) in [6, 6.07) is 12.5. The fourth-order valence-electron chi connectivity index (χ4n) is 4.00. The van der Waals surface area contributed by atoms with E-state index in [1.54, 1.807) is 0 Å². The van der Waals surface area contributed by atoms with E-state index in [1.165, 1.54) is 59.5 Å². The average molecular weight is 518 g/mol. The molecule has 2 aliphatic rings. The van der Waals surface area contributed by atoms with Gasteiger partial charge >= 0.3 is 0 Å². The molecule has 0 fully saturated rings. The molecule has 0 unspecified atom stereocenters. The zero-order chi connectivity index (χ0) is 24.7. The number of hydrogen-bond donors (Lipinski definition) is 2. The number of sulfonamides is 1. The Morgan fingerprint density at radius 1 is 1.14 bits per heavy atom. The number of amides is 1. The second kappa shape index (κ2) is 8.84. The summed E-state index contributed by atoms with van der Waals surface area (Å²) in [5, 5.41) is 13.0. The molecule has 0 saturated heterocycles. The molecule has 0 spiro atoms. The Labute approximate surface area is 204 Å². The molecule has 1 amide bonds. The Bertz CT molecular complexity index is 1480. The smallest absolute Gasteiger partial charge is 0.281 e. The monoisotopic (exact) mass is 517 g/mol. The lowest BCUT2D eigenvalue weighted by Crippen LogP contribution is -2.30. The molecule has 2 N–H and O–H groups in total. The Balaban J connectivity index is 1.51. The van der Waals surface area contributed by atoms with Crippen molar-refractivity contribution in [2.75, 3.05) is 16.4 Å². The summed E-state index contributed by atoms with van der Waals surface area (Å²) in [4.78, 5) is 14.3. The van der Waals surface area contributed by atoms with Crippen LogP contribution in [0.1, 0.15) is 16.7 Å². The van der Waals surface area contributed by atoms with Crippen LogP contribution in [0.2, 0.25) is 5.02 Å². The zero-order valence-electron chi connectivity index (χ0n) is 17.9. The summed E-state index contributed by atoms with van der Waals surface area (Å²) in [5.74, 6) is -0.758. The second-order valence-corrected chi connectivity index (χ2v) is 9.91. The van der Waals surface area contributed by atoms with Crippen molar-refractivity contribution in [3.05, 3.63) is 82.1 Å². The first-order chi connectivity index (χ1) is 16.8. The molecule has 35 heavy (non-hydrogen) atoms. The van der Waals surface area contributed by atoms with Crippen LogP contribution in [-0.2, 0) is 32.7 Å². The number of carbonyl (C=O) groups is 1. The van der Waals surface area contributed by atoms with Crippen molar-refractivity contribution >= 4 is 44.6 Å². The number of halogens is 2. The van der Waals surface area contributed by atoms with Crippen molar-refractivity contribution in [3.8, 4) is 5.75 Å². The van der Waals surface area contributed by atoms with Gasteiger partial charge in [-0.3, -0.25) is 9.52 Å². The summed E-state index contributed by atoms with van der Waals surface area (Å²) in [6.45, 7) is 0.0269. The number of anilines is 2. The minimum atomic E-state index is -3.95. The zero-order valence-corrected chi connectivity index (χ0v) is 19.4. The molecule has 0 aliphatic carbocycles. The summed E-state index contributed by atoms with van der Waals surface area (Å²) < 4.78 is 53.0. The van der Waals surface area contributed by atoms with Crippen LogP contribution in [0.15, 0.2) is 64.6 Å². The quantitative estimate of drug-likeness (QED) is 0.392. The molecule has 3 aromatic carbocycles. The minimum Gasteiger partial charge on any atom is -0.467 e. The van der Waals surface area contributed by atoms with Crippen LogP contribution in [-0.4, -0.2) is 32.0 Å². The van der Waals surface area contributed by atoms with E-state index >= 15 is 0 Å². The lowest BCUT2D eigenvalue weighted by molar-refractivity contribution is -0.112. The summed E-state index contributed by atoms with van der Waals surface area (Å²) in [7, 11) is -3.95. The van der Waals surface area contributed by atoms with Gasteiger partial charge in [0.05, 0.1) is 29.4 Å². The van der Waals surface area contributed by atoms with Crippen LogP contribution in [0.4, 0.5) is 15.8 Å². The molecule has 0 aromatic heterocycles. The number of benzene rings is 3. The Morgan fingerprint density at radius 3 is 2.66 bits per heavy atom. The van der Waals surface area contributed by atoms with E-state index in [0.29, 0.717) is 27.5 Å². The maximum Gasteiger partial charge on any atom is 0.281 e. The summed E-state index contributed by atoms with van der Waals surface area (Å²) >= 11 is 5.84. The van der Waals surface area contributed by atoms with Crippen molar-refractivity contribution in [2.45, 2.75) is 18.0 Å². The largest absolute Gasteiger partial charge is 0.467 e. The van der Waals surface area contributed by atoms with Crippen LogP contribution in [0.5, 0.6) is 5.75 Å². The molecule has 0 bridgehead atoms. The summed E-state index contributed by atoms with van der Waals surface area (Å²) in [6.07, 6.45) is 0. The van der Waals surface area contributed by atoms with E-state index < -0.39 is 21.7 Å². The SMILES string of the molecule is O=C1/C(=N\O)c2ccc(NS(=O)(=O)c3ccc(Cl)cc3)cc2N1Cc1cc(F)cc2c1OCOC2. The lowest BCUT2D eigenvalue weighted by Gasteiger charge is -2.24. The highest BCUT2D eigenvalue weighted by molar-refractivity contribution is 7.92. The first-order valence-electron chi connectivity index (χ1n) is 10.3. The minimum absolute atomic E-state index is 0.00121. The predicted molar refractivity (Wildman–Crippen MR) is 125 cm³/mol. The van der Waals surface area contributed by atoms with Gasteiger partial charge in [0.1, 0.15) is 11.6 Å². The van der Waals surface area contributed by atoms with E-state index in [4.69, 9.17) is 21.1 Å². The van der Waals surface area contributed by atoms with E-state index in [0.717, 1.165) is 0 Å². The standard InChI is InChI=1S/C23H17ClFN3O6S/c24-15-1-4-18(5-2-15)35(31,32)27-17-3-6-19-20(9-17)28(23(29)21(19)26-30)10-13-7-16(25)8-14-11-33-12-34-22(13)14/h1-9,27,30H,10-12H2/b26-21-. The van der Waals surface area contributed by atoms with Gasteiger partial charge in [-0.2, -0.15) is 0 Å². The number of hydrogen-bond acceptors (Lipinski definition) is 7. The normalized spacial score (nSPS) is 16.1. The molecule has 180 valence electrons. The Hall–Kier alpha value is -3.67. The molecular weight excluding hydrogens is 501 g/mol. The van der Waals surface area contributed by atoms with E-state index in [9.17, 15) is 22.8 Å². The number of nitrogens with zero attached hydrogens (tertiary/aromatic N) is 2. The number of rotatable bonds is 5. The maximum atomic E-state index is 14.2. The molecule has 3 aromatic rings. The van der Waals surface area contributed by atoms with Gasteiger partial charge in [-0.25, -0.2) is 12.8 Å². The highest BCUT2D eigenvalue weighted by atomic mass is 35.5. The third-order valence-electron chi connectivity index (χ3n) is 5.55. The van der Waals surface area contributed by atoms with Crippen molar-refractivity contribution < 1.29 is 32.3 Å². The fraction of sp³-hybridized carbons (Fsp3) is 0.130. The van der Waals surface area contributed by atoms with Crippen LogP contribution in [0.25, 0.3) is 0 Å². The van der Waals surface area contributed by atoms with E-state index in [1.807, 2.05) is 0 Å². The molecule has 5 rings (SSSR count). The van der Waals surface area contributed by atoms with Gasteiger partial charge in [0.2, 0.25) is 0 Å². The molecule has 0 radical (unpaired) electrons. The Morgan fingerprint density at radius 2 is 1.91 bits per heavy atom.